The molecule has 1 aromatic heterocycles. The Bertz CT molecular complexity index is 568. The second kappa shape index (κ2) is 7.70. The van der Waals surface area contributed by atoms with Gasteiger partial charge in [0.1, 0.15) is 6.10 Å². The number of hydrogen-bond donors (Lipinski definition) is 0. The molecule has 1 fully saturated rings. The average Bonchev–Trinajstić information content (AvgIpc) is 2.57. The van der Waals surface area contributed by atoms with E-state index >= 15 is 0 Å². The fourth-order valence-corrected chi connectivity index (χ4v) is 2.90. The predicted molar refractivity (Wildman–Crippen MR) is 90.0 cm³/mol. The lowest BCUT2D eigenvalue weighted by atomic mass is 10.1. The molecule has 1 aromatic carbocycles. The molecule has 1 saturated heterocycles. The van der Waals surface area contributed by atoms with E-state index in [1.807, 2.05) is 0 Å². The molecular weight excluding hydrogens is 342 g/mol. The summed E-state index contributed by atoms with van der Waals surface area (Å²) < 4.78 is 6.72. The maximum Gasteiger partial charge on any atom is 0.316 e. The summed E-state index contributed by atoms with van der Waals surface area (Å²) >= 11 is 3.33. The minimum Gasteiger partial charge on any atom is -0.460 e. The first-order chi connectivity index (χ1) is 10.8. The van der Waals surface area contributed by atoms with Crippen LogP contribution >= 0.6 is 15.9 Å². The van der Waals surface area contributed by atoms with Gasteiger partial charge in [0, 0.05) is 32.0 Å². The van der Waals surface area contributed by atoms with Crippen LogP contribution in [0.15, 0.2) is 47.2 Å². The lowest BCUT2D eigenvalue weighted by Crippen LogP contribution is -2.39. The van der Waals surface area contributed by atoms with Gasteiger partial charge in [-0.15, -0.1) is 0 Å². The Morgan fingerprint density at radius 1 is 1.09 bits per heavy atom. The lowest BCUT2D eigenvalue weighted by Gasteiger charge is -2.31. The fourth-order valence-electron chi connectivity index (χ4n) is 2.69. The second-order valence-corrected chi connectivity index (χ2v) is 6.49. The zero-order chi connectivity index (χ0) is 15.2. The van der Waals surface area contributed by atoms with E-state index in [0.717, 1.165) is 43.4 Å². The van der Waals surface area contributed by atoms with E-state index < -0.39 is 0 Å². The summed E-state index contributed by atoms with van der Waals surface area (Å²) in [4.78, 5) is 10.9. The molecule has 0 saturated carbocycles. The van der Waals surface area contributed by atoms with Crippen molar-refractivity contribution in [1.29, 1.82) is 0 Å². The highest BCUT2D eigenvalue weighted by molar-refractivity contribution is 9.10. The highest BCUT2D eigenvalue weighted by atomic mass is 79.9. The van der Waals surface area contributed by atoms with Gasteiger partial charge >= 0.3 is 6.01 Å². The summed E-state index contributed by atoms with van der Waals surface area (Å²) in [6.45, 7) is 3.27. The third-order valence-electron chi connectivity index (χ3n) is 3.96. The van der Waals surface area contributed by atoms with Gasteiger partial charge < -0.3 is 9.64 Å². The SMILES string of the molecule is Brc1cnc(OC2CCN(CCc3ccccc3)CC2)nc1. The van der Waals surface area contributed by atoms with Crippen molar-refractivity contribution < 1.29 is 4.74 Å². The normalized spacial score (nSPS) is 16.6. The third kappa shape index (κ3) is 4.52. The Morgan fingerprint density at radius 2 is 1.77 bits per heavy atom. The summed E-state index contributed by atoms with van der Waals surface area (Å²) in [6, 6.07) is 11.1. The van der Waals surface area contributed by atoms with E-state index in [4.69, 9.17) is 4.74 Å². The number of ether oxygens (including phenoxy) is 1. The van der Waals surface area contributed by atoms with E-state index in [0.29, 0.717) is 6.01 Å². The molecule has 0 bridgehead atoms. The van der Waals surface area contributed by atoms with Gasteiger partial charge in [0.25, 0.3) is 0 Å². The minimum absolute atomic E-state index is 0.231. The van der Waals surface area contributed by atoms with Crippen LogP contribution in [0.4, 0.5) is 0 Å². The van der Waals surface area contributed by atoms with Gasteiger partial charge in [0.15, 0.2) is 0 Å². The highest BCUT2D eigenvalue weighted by Gasteiger charge is 2.21. The molecule has 0 aliphatic carbocycles. The van der Waals surface area contributed by atoms with Gasteiger partial charge in [0.05, 0.1) is 4.47 Å². The lowest BCUT2D eigenvalue weighted by molar-refractivity contribution is 0.0933. The van der Waals surface area contributed by atoms with Crippen LogP contribution in [0.1, 0.15) is 18.4 Å². The molecule has 1 aliphatic rings. The number of hydrogen-bond acceptors (Lipinski definition) is 4. The van der Waals surface area contributed by atoms with E-state index in [1.54, 1.807) is 12.4 Å². The molecule has 4 nitrogen and oxygen atoms in total. The fraction of sp³-hybridized carbons (Fsp3) is 0.412. The van der Waals surface area contributed by atoms with Crippen LogP contribution in [-0.2, 0) is 6.42 Å². The van der Waals surface area contributed by atoms with Crippen molar-refractivity contribution in [2.45, 2.75) is 25.4 Å². The van der Waals surface area contributed by atoms with Gasteiger partial charge in [0.2, 0.25) is 0 Å². The van der Waals surface area contributed by atoms with E-state index in [1.165, 1.54) is 5.56 Å². The van der Waals surface area contributed by atoms with Crippen molar-refractivity contribution in [2.24, 2.45) is 0 Å². The number of piperidine rings is 1. The first-order valence-electron chi connectivity index (χ1n) is 7.70. The Hall–Kier alpha value is -1.46. The molecule has 0 radical (unpaired) electrons. The van der Waals surface area contributed by atoms with Crippen LogP contribution in [0.2, 0.25) is 0 Å². The largest absolute Gasteiger partial charge is 0.460 e. The smallest absolute Gasteiger partial charge is 0.316 e. The van der Waals surface area contributed by atoms with Gasteiger partial charge in [-0.2, -0.15) is 0 Å². The molecule has 0 amide bonds. The Kier molecular flexibility index (Phi) is 5.40. The Balaban J connectivity index is 1.41. The molecule has 2 heterocycles. The first kappa shape index (κ1) is 15.4. The Morgan fingerprint density at radius 3 is 2.45 bits per heavy atom. The van der Waals surface area contributed by atoms with Crippen LogP contribution in [0.25, 0.3) is 0 Å². The second-order valence-electron chi connectivity index (χ2n) is 5.58. The van der Waals surface area contributed by atoms with E-state index in [2.05, 4.69) is 61.1 Å². The van der Waals surface area contributed by atoms with Crippen LogP contribution in [-0.4, -0.2) is 40.6 Å². The van der Waals surface area contributed by atoms with Gasteiger partial charge in [-0.05, 0) is 40.8 Å². The van der Waals surface area contributed by atoms with Crippen molar-refractivity contribution in [2.75, 3.05) is 19.6 Å². The van der Waals surface area contributed by atoms with Crippen LogP contribution in [0.5, 0.6) is 6.01 Å². The molecule has 22 heavy (non-hydrogen) atoms. The van der Waals surface area contributed by atoms with E-state index in [9.17, 15) is 0 Å². The number of nitrogens with zero attached hydrogens (tertiary/aromatic N) is 3. The molecule has 0 spiro atoms. The molecular formula is C17H20BrN3O. The maximum absolute atomic E-state index is 5.85. The van der Waals surface area contributed by atoms with Crippen molar-refractivity contribution in [3.8, 4) is 6.01 Å². The first-order valence-corrected chi connectivity index (χ1v) is 8.49. The molecule has 0 atom stereocenters. The molecule has 3 rings (SSSR count). The zero-order valence-corrected chi connectivity index (χ0v) is 14.1. The zero-order valence-electron chi connectivity index (χ0n) is 12.5. The minimum atomic E-state index is 0.231. The van der Waals surface area contributed by atoms with Gasteiger partial charge in [-0.25, -0.2) is 9.97 Å². The number of aromatic nitrogens is 2. The highest BCUT2D eigenvalue weighted by Crippen LogP contribution is 2.17. The molecule has 2 aromatic rings. The number of likely N-dealkylation sites (tertiary alicyclic amines) is 1. The Labute approximate surface area is 139 Å². The molecule has 5 heteroatoms. The monoisotopic (exact) mass is 361 g/mol. The third-order valence-corrected chi connectivity index (χ3v) is 4.37. The van der Waals surface area contributed by atoms with Gasteiger partial charge in [-0.1, -0.05) is 30.3 Å². The summed E-state index contributed by atoms with van der Waals surface area (Å²) in [5.74, 6) is 0. The van der Waals surface area contributed by atoms with E-state index in [-0.39, 0.29) is 6.10 Å². The van der Waals surface area contributed by atoms with Crippen molar-refractivity contribution in [3.05, 3.63) is 52.8 Å². The van der Waals surface area contributed by atoms with Crippen LogP contribution in [0, 0.1) is 0 Å². The molecule has 116 valence electrons. The summed E-state index contributed by atoms with van der Waals surface area (Å²) in [7, 11) is 0. The van der Waals surface area contributed by atoms with Crippen LogP contribution in [0.3, 0.4) is 0 Å². The number of benzene rings is 1. The average molecular weight is 362 g/mol. The van der Waals surface area contributed by atoms with Gasteiger partial charge in [-0.3, -0.25) is 0 Å². The van der Waals surface area contributed by atoms with Crippen molar-refractivity contribution >= 4 is 15.9 Å². The maximum atomic E-state index is 5.85. The quantitative estimate of drug-likeness (QED) is 0.818. The number of halogens is 1. The summed E-state index contributed by atoms with van der Waals surface area (Å²) in [6.07, 6.45) is 6.85. The number of rotatable bonds is 5. The van der Waals surface area contributed by atoms with Crippen molar-refractivity contribution in [1.82, 2.24) is 14.9 Å². The molecule has 0 N–H and O–H groups in total. The van der Waals surface area contributed by atoms with Crippen molar-refractivity contribution in [3.63, 3.8) is 0 Å². The molecule has 1 aliphatic heterocycles. The standard InChI is InChI=1S/C17H20BrN3O/c18-15-12-19-17(20-13-15)22-16-7-10-21(11-8-16)9-6-14-4-2-1-3-5-14/h1-5,12-13,16H,6-11H2. The topological polar surface area (TPSA) is 38.2 Å². The van der Waals surface area contributed by atoms with Crippen LogP contribution < -0.4 is 4.74 Å². The summed E-state index contributed by atoms with van der Waals surface area (Å²) in [5, 5.41) is 0. The summed E-state index contributed by atoms with van der Waals surface area (Å²) in [5.41, 5.74) is 1.41. The predicted octanol–water partition coefficient (Wildman–Crippen LogP) is 3.33. The molecule has 0 unspecified atom stereocenters.